The number of rotatable bonds is 2. The average molecular weight is 212 g/mol. The Balaban J connectivity index is 2.77. The zero-order valence-corrected chi connectivity index (χ0v) is 9.94. The van der Waals surface area contributed by atoms with E-state index in [1.54, 1.807) is 0 Å². The van der Waals surface area contributed by atoms with Gasteiger partial charge in [-0.25, -0.2) is 4.39 Å². The number of hydrogen-bond donors (Lipinski definition) is 1. The van der Waals surface area contributed by atoms with Crippen molar-refractivity contribution in [3.05, 3.63) is 22.7 Å². The van der Waals surface area contributed by atoms with Gasteiger partial charge in [0.05, 0.1) is 0 Å². The Morgan fingerprint density at radius 3 is 2.60 bits per heavy atom. The Morgan fingerprint density at radius 2 is 2.07 bits per heavy atom. The van der Waals surface area contributed by atoms with Crippen molar-refractivity contribution in [1.82, 2.24) is 4.90 Å². The molecule has 2 nitrogen and oxygen atoms in total. The third-order valence-corrected chi connectivity index (χ3v) is 3.17. The highest BCUT2D eigenvalue weighted by atomic mass is 19.1. The zero-order chi connectivity index (χ0) is 11.4. The summed E-state index contributed by atoms with van der Waals surface area (Å²) >= 11 is 0. The third-order valence-electron chi connectivity index (χ3n) is 3.17. The quantitative estimate of drug-likeness (QED) is 0.713. The van der Waals surface area contributed by atoms with Gasteiger partial charge in [0, 0.05) is 25.3 Å². The lowest BCUT2D eigenvalue weighted by atomic mass is 9.99. The number of allylic oxidation sites excluding steroid dienone is 2. The number of nitrogens with two attached hydrogens (primary N) is 1. The van der Waals surface area contributed by atoms with Gasteiger partial charge in [0.2, 0.25) is 0 Å². The number of likely N-dealkylation sites (tertiary alicyclic amines) is 1. The third kappa shape index (κ3) is 3.06. The first-order valence-electron chi connectivity index (χ1n) is 5.51. The molecule has 0 aromatic carbocycles. The summed E-state index contributed by atoms with van der Waals surface area (Å²) in [5.41, 5.74) is 9.02. The van der Waals surface area contributed by atoms with E-state index in [0.29, 0.717) is 6.54 Å². The summed E-state index contributed by atoms with van der Waals surface area (Å²) in [5.74, 6) is -0.0818. The molecule has 1 heterocycles. The fourth-order valence-corrected chi connectivity index (χ4v) is 1.87. The summed E-state index contributed by atoms with van der Waals surface area (Å²) in [5, 5.41) is 0. The van der Waals surface area contributed by atoms with Crippen LogP contribution < -0.4 is 5.73 Å². The van der Waals surface area contributed by atoms with E-state index in [2.05, 4.69) is 11.8 Å². The van der Waals surface area contributed by atoms with Gasteiger partial charge in [-0.15, -0.1) is 0 Å². The topological polar surface area (TPSA) is 29.3 Å². The molecule has 2 N–H and O–H groups in total. The Morgan fingerprint density at radius 1 is 1.40 bits per heavy atom. The van der Waals surface area contributed by atoms with Gasteiger partial charge in [-0.3, -0.25) is 0 Å². The zero-order valence-electron chi connectivity index (χ0n) is 9.94. The second kappa shape index (κ2) is 5.31. The number of nitrogens with zero attached hydrogens (tertiary/aromatic N) is 1. The molecule has 0 aromatic heterocycles. The second-order valence-corrected chi connectivity index (χ2v) is 4.23. The SMILES string of the molecule is CC(F)=C(C)N1CCCC(=C(C)CN)C1. The fourth-order valence-electron chi connectivity index (χ4n) is 1.87. The van der Waals surface area contributed by atoms with E-state index in [1.807, 2.05) is 6.92 Å². The molecule has 1 aliphatic rings. The van der Waals surface area contributed by atoms with Crippen molar-refractivity contribution in [2.45, 2.75) is 33.6 Å². The molecule has 1 fully saturated rings. The van der Waals surface area contributed by atoms with E-state index in [1.165, 1.54) is 18.1 Å². The maximum atomic E-state index is 13.1. The van der Waals surface area contributed by atoms with Crippen LogP contribution in [0.15, 0.2) is 22.7 Å². The fraction of sp³-hybridized carbons (Fsp3) is 0.667. The van der Waals surface area contributed by atoms with Crippen LogP contribution in [0.2, 0.25) is 0 Å². The van der Waals surface area contributed by atoms with E-state index in [9.17, 15) is 4.39 Å². The van der Waals surface area contributed by atoms with Gasteiger partial charge >= 0.3 is 0 Å². The van der Waals surface area contributed by atoms with Crippen LogP contribution in [0.4, 0.5) is 4.39 Å². The van der Waals surface area contributed by atoms with Gasteiger partial charge in [-0.2, -0.15) is 0 Å². The molecule has 15 heavy (non-hydrogen) atoms. The Kier molecular flexibility index (Phi) is 4.33. The minimum Gasteiger partial charge on any atom is -0.369 e. The molecule has 1 rings (SSSR count). The largest absolute Gasteiger partial charge is 0.369 e. The summed E-state index contributed by atoms with van der Waals surface area (Å²) in [6, 6.07) is 0. The second-order valence-electron chi connectivity index (χ2n) is 4.23. The van der Waals surface area contributed by atoms with Gasteiger partial charge in [0.1, 0.15) is 5.83 Å². The summed E-state index contributed by atoms with van der Waals surface area (Å²) < 4.78 is 13.1. The van der Waals surface area contributed by atoms with Gasteiger partial charge in [-0.05, 0) is 33.6 Å². The predicted molar refractivity (Wildman–Crippen MR) is 62.0 cm³/mol. The van der Waals surface area contributed by atoms with E-state index >= 15 is 0 Å². The van der Waals surface area contributed by atoms with E-state index in [4.69, 9.17) is 5.73 Å². The first kappa shape index (κ1) is 12.2. The van der Waals surface area contributed by atoms with Crippen molar-refractivity contribution in [3.8, 4) is 0 Å². The van der Waals surface area contributed by atoms with Crippen LogP contribution in [-0.4, -0.2) is 24.5 Å². The van der Waals surface area contributed by atoms with Gasteiger partial charge in [-0.1, -0.05) is 11.1 Å². The molecule has 0 atom stereocenters. The highest BCUT2D eigenvalue weighted by molar-refractivity contribution is 5.19. The summed E-state index contributed by atoms with van der Waals surface area (Å²) in [7, 11) is 0. The molecule has 0 aromatic rings. The molecule has 0 bridgehead atoms. The molecule has 0 saturated carbocycles. The van der Waals surface area contributed by atoms with Crippen LogP contribution in [-0.2, 0) is 0 Å². The minimum atomic E-state index is -0.0818. The standard InChI is InChI=1S/C12H21FN2/c1-9(7-14)12-5-4-6-15(8-12)11(3)10(2)13/h4-8,14H2,1-3H3. The molecule has 3 heteroatoms. The van der Waals surface area contributed by atoms with Crippen molar-refractivity contribution in [3.63, 3.8) is 0 Å². The Bertz CT molecular complexity index is 288. The van der Waals surface area contributed by atoms with Crippen LogP contribution in [0.1, 0.15) is 33.6 Å². The summed E-state index contributed by atoms with van der Waals surface area (Å²) in [6.07, 6.45) is 2.20. The molecular formula is C12H21FN2. The molecule has 0 amide bonds. The average Bonchev–Trinajstić information content (AvgIpc) is 2.27. The van der Waals surface area contributed by atoms with Crippen LogP contribution in [0.25, 0.3) is 0 Å². The monoisotopic (exact) mass is 212 g/mol. The smallest absolute Gasteiger partial charge is 0.116 e. The Hall–Kier alpha value is -0.830. The molecule has 1 saturated heterocycles. The molecule has 0 unspecified atom stereocenters. The van der Waals surface area contributed by atoms with E-state index < -0.39 is 0 Å². The van der Waals surface area contributed by atoms with Crippen LogP contribution in [0.3, 0.4) is 0 Å². The lowest BCUT2D eigenvalue weighted by Gasteiger charge is -2.32. The lowest BCUT2D eigenvalue weighted by Crippen LogP contribution is -2.31. The Labute approximate surface area is 91.6 Å². The highest BCUT2D eigenvalue weighted by Gasteiger charge is 2.17. The van der Waals surface area contributed by atoms with Crippen molar-refractivity contribution in [2.24, 2.45) is 5.73 Å². The minimum absolute atomic E-state index is 0.0818. The molecular weight excluding hydrogens is 191 g/mol. The summed E-state index contributed by atoms with van der Waals surface area (Å²) in [6.45, 7) is 7.84. The molecule has 86 valence electrons. The lowest BCUT2D eigenvalue weighted by molar-refractivity contribution is 0.318. The van der Waals surface area contributed by atoms with Crippen molar-refractivity contribution >= 4 is 0 Å². The number of halogens is 1. The molecule has 0 aliphatic carbocycles. The van der Waals surface area contributed by atoms with Crippen LogP contribution in [0.5, 0.6) is 0 Å². The van der Waals surface area contributed by atoms with Crippen molar-refractivity contribution in [2.75, 3.05) is 19.6 Å². The van der Waals surface area contributed by atoms with Crippen molar-refractivity contribution < 1.29 is 4.39 Å². The van der Waals surface area contributed by atoms with Gasteiger partial charge < -0.3 is 10.6 Å². The predicted octanol–water partition coefficient (Wildman–Crippen LogP) is 2.58. The normalized spacial score (nSPS) is 22.6. The first-order valence-corrected chi connectivity index (χ1v) is 5.51. The highest BCUT2D eigenvalue weighted by Crippen LogP contribution is 2.23. The summed E-state index contributed by atoms with van der Waals surface area (Å²) in [4.78, 5) is 2.10. The van der Waals surface area contributed by atoms with E-state index in [-0.39, 0.29) is 5.83 Å². The first-order chi connectivity index (χ1) is 7.06. The molecule has 1 aliphatic heterocycles. The molecule has 0 spiro atoms. The van der Waals surface area contributed by atoms with Gasteiger partial charge in [0.15, 0.2) is 0 Å². The molecule has 0 radical (unpaired) electrons. The van der Waals surface area contributed by atoms with Gasteiger partial charge in [0.25, 0.3) is 0 Å². The van der Waals surface area contributed by atoms with Crippen molar-refractivity contribution in [1.29, 1.82) is 0 Å². The number of piperidine rings is 1. The van der Waals surface area contributed by atoms with Crippen LogP contribution >= 0.6 is 0 Å². The number of hydrogen-bond acceptors (Lipinski definition) is 2. The maximum Gasteiger partial charge on any atom is 0.116 e. The van der Waals surface area contributed by atoms with Crippen LogP contribution in [0, 0.1) is 0 Å². The van der Waals surface area contributed by atoms with E-state index in [0.717, 1.165) is 31.6 Å². The maximum absolute atomic E-state index is 13.1.